The summed E-state index contributed by atoms with van der Waals surface area (Å²) in [6.45, 7) is 5.48. The van der Waals surface area contributed by atoms with Crippen molar-refractivity contribution in [1.82, 2.24) is 15.3 Å². The zero-order valence-corrected chi connectivity index (χ0v) is 20.3. The Balaban J connectivity index is 1.02. The van der Waals surface area contributed by atoms with Crippen LogP contribution in [0.15, 0.2) is 48.5 Å². The summed E-state index contributed by atoms with van der Waals surface area (Å²) in [5.74, 6) is -0.528. The molecule has 1 N–H and O–H groups in total. The molecular formula is C26H32FN5O4. The fourth-order valence-electron chi connectivity index (χ4n) is 5.70. The number of halogens is 1. The number of hydrogen-bond acceptors (Lipinski definition) is 7. The number of rotatable bonds is 6. The molecule has 2 aromatic carbocycles. The van der Waals surface area contributed by atoms with E-state index in [2.05, 4.69) is 10.3 Å². The van der Waals surface area contributed by atoms with Gasteiger partial charge in [0.05, 0.1) is 16.7 Å². The highest BCUT2D eigenvalue weighted by atomic mass is 19.1. The van der Waals surface area contributed by atoms with Crippen molar-refractivity contribution in [3.63, 3.8) is 0 Å². The third kappa shape index (κ3) is 5.44. The Hall–Kier alpha value is -3.24. The molecule has 3 heterocycles. The molecule has 3 aliphatic heterocycles. The highest BCUT2D eigenvalue weighted by molar-refractivity contribution is 5.66. The minimum Gasteiger partial charge on any atom is -0.444 e. The van der Waals surface area contributed by atoms with Gasteiger partial charge in [-0.2, -0.15) is 0 Å². The number of nitro groups is 1. The minimum atomic E-state index is -0.570. The third-order valence-corrected chi connectivity index (χ3v) is 7.83. The first-order valence-corrected chi connectivity index (χ1v) is 12.6. The molecule has 0 unspecified atom stereocenters. The van der Waals surface area contributed by atoms with Gasteiger partial charge in [0.25, 0.3) is 5.69 Å². The van der Waals surface area contributed by atoms with Crippen LogP contribution in [0.2, 0.25) is 0 Å². The van der Waals surface area contributed by atoms with E-state index in [1.54, 1.807) is 0 Å². The number of nitrogens with zero attached hydrogens (tertiary/aromatic N) is 4. The van der Waals surface area contributed by atoms with Crippen LogP contribution in [0.1, 0.15) is 31.2 Å². The van der Waals surface area contributed by atoms with E-state index in [0.29, 0.717) is 11.7 Å². The lowest BCUT2D eigenvalue weighted by Crippen LogP contribution is -2.64. The summed E-state index contributed by atoms with van der Waals surface area (Å²) in [4.78, 5) is 27.0. The molecule has 1 spiro atoms. The van der Waals surface area contributed by atoms with E-state index < -0.39 is 16.8 Å². The quantitative estimate of drug-likeness (QED) is 0.477. The summed E-state index contributed by atoms with van der Waals surface area (Å²) in [5, 5.41) is 12.8. The molecule has 0 bridgehead atoms. The van der Waals surface area contributed by atoms with E-state index >= 15 is 0 Å². The number of nitro benzene ring substituents is 1. The summed E-state index contributed by atoms with van der Waals surface area (Å²) >= 11 is 0. The lowest BCUT2D eigenvalue weighted by Gasteiger charge is -2.57. The first-order valence-electron chi connectivity index (χ1n) is 12.6. The first-order chi connectivity index (χ1) is 17.4. The van der Waals surface area contributed by atoms with Crippen molar-refractivity contribution in [3.8, 4) is 0 Å². The highest BCUT2D eigenvalue weighted by Gasteiger charge is 2.47. The summed E-state index contributed by atoms with van der Waals surface area (Å²) < 4.78 is 19.7. The second-order valence-electron chi connectivity index (χ2n) is 10.2. The Labute approximate surface area is 209 Å². The molecule has 0 aliphatic carbocycles. The molecule has 9 nitrogen and oxygen atoms in total. The molecule has 3 fully saturated rings. The molecule has 0 atom stereocenters. The molecule has 3 aliphatic rings. The molecular weight excluding hydrogens is 465 g/mol. The average molecular weight is 498 g/mol. The molecule has 2 aromatic rings. The summed E-state index contributed by atoms with van der Waals surface area (Å²) in [6, 6.07) is 14.0. The summed E-state index contributed by atoms with van der Waals surface area (Å²) in [5.41, 5.74) is 4.33. The molecule has 192 valence electrons. The molecule has 36 heavy (non-hydrogen) atoms. The van der Waals surface area contributed by atoms with Crippen LogP contribution in [0.25, 0.3) is 0 Å². The van der Waals surface area contributed by atoms with Crippen LogP contribution in [0.4, 0.5) is 20.6 Å². The van der Waals surface area contributed by atoms with Crippen LogP contribution < -0.4 is 10.3 Å². The maximum Gasteiger partial charge on any atom is 0.422 e. The van der Waals surface area contributed by atoms with Crippen molar-refractivity contribution in [1.29, 1.82) is 0 Å². The van der Waals surface area contributed by atoms with Gasteiger partial charge in [-0.15, -0.1) is 0 Å². The lowest BCUT2D eigenvalue weighted by atomic mass is 9.71. The number of amides is 1. The van der Waals surface area contributed by atoms with E-state index in [4.69, 9.17) is 4.74 Å². The zero-order chi connectivity index (χ0) is 25.1. The van der Waals surface area contributed by atoms with Crippen LogP contribution in [0.5, 0.6) is 0 Å². The maximum absolute atomic E-state index is 14.4. The smallest absolute Gasteiger partial charge is 0.422 e. The largest absolute Gasteiger partial charge is 0.444 e. The van der Waals surface area contributed by atoms with Crippen molar-refractivity contribution >= 4 is 17.5 Å². The lowest BCUT2D eigenvalue weighted by molar-refractivity contribution is -0.385. The highest BCUT2D eigenvalue weighted by Crippen LogP contribution is 2.43. The number of non-ortho nitro benzene ring substituents is 1. The van der Waals surface area contributed by atoms with Gasteiger partial charge < -0.3 is 9.64 Å². The van der Waals surface area contributed by atoms with Crippen molar-refractivity contribution in [2.75, 3.05) is 44.2 Å². The number of ether oxygens (including phenoxy) is 1. The Morgan fingerprint density at radius 2 is 1.78 bits per heavy atom. The van der Waals surface area contributed by atoms with E-state index in [1.165, 1.54) is 12.1 Å². The fourth-order valence-corrected chi connectivity index (χ4v) is 5.70. The van der Waals surface area contributed by atoms with Gasteiger partial charge in [-0.25, -0.2) is 14.2 Å². The predicted molar refractivity (Wildman–Crippen MR) is 133 cm³/mol. The third-order valence-electron chi connectivity index (χ3n) is 7.83. The number of carbonyl (C=O) groups is 1. The van der Waals surface area contributed by atoms with Crippen LogP contribution in [-0.2, 0) is 11.3 Å². The molecule has 5 rings (SSSR count). The number of hydrogen-bond donors (Lipinski definition) is 1. The standard InChI is InChI=1S/C26H32FN5O4/c27-23-16-22(32(34)35)6-7-24(23)29-14-10-26(11-15-29)18-30(19-26)21-8-12-31(13-9-21)28-25(33)36-17-20-4-2-1-3-5-20/h1-7,16,21H,8-15,17-19H2,(H,28,33). The van der Waals surface area contributed by atoms with Gasteiger partial charge >= 0.3 is 6.09 Å². The monoisotopic (exact) mass is 497 g/mol. The van der Waals surface area contributed by atoms with Crippen molar-refractivity contribution < 1.29 is 18.8 Å². The van der Waals surface area contributed by atoms with Gasteiger partial charge in [0.1, 0.15) is 6.61 Å². The number of nitrogens with one attached hydrogen (secondary N) is 1. The van der Waals surface area contributed by atoms with Crippen molar-refractivity contribution in [2.24, 2.45) is 5.41 Å². The minimum absolute atomic E-state index is 0.218. The Morgan fingerprint density at radius 3 is 2.42 bits per heavy atom. The van der Waals surface area contributed by atoms with Crippen molar-refractivity contribution in [2.45, 2.75) is 38.3 Å². The van der Waals surface area contributed by atoms with Gasteiger partial charge in [0.15, 0.2) is 5.82 Å². The van der Waals surface area contributed by atoms with Gasteiger partial charge in [0, 0.05) is 51.4 Å². The molecule has 0 aromatic heterocycles. The molecule has 1 amide bonds. The van der Waals surface area contributed by atoms with E-state index in [9.17, 15) is 19.3 Å². The van der Waals surface area contributed by atoms with Crippen LogP contribution in [0.3, 0.4) is 0 Å². The summed E-state index contributed by atoms with van der Waals surface area (Å²) in [6.07, 6.45) is 3.56. The first kappa shape index (κ1) is 24.5. The van der Waals surface area contributed by atoms with Crippen LogP contribution >= 0.6 is 0 Å². The van der Waals surface area contributed by atoms with Crippen LogP contribution in [-0.4, -0.2) is 66.2 Å². The zero-order valence-electron chi connectivity index (χ0n) is 20.3. The maximum atomic E-state index is 14.4. The Morgan fingerprint density at radius 1 is 1.08 bits per heavy atom. The Bertz CT molecular complexity index is 1080. The normalized spacial score (nSPS) is 20.6. The number of carbonyl (C=O) groups excluding carboxylic acids is 1. The SMILES string of the molecule is O=C(NN1CCC(N2CC3(CCN(c4ccc([N+](=O)[O-])cc4F)CC3)C2)CC1)OCc1ccccc1. The second kappa shape index (κ2) is 10.4. The van der Waals surface area contributed by atoms with E-state index in [1.807, 2.05) is 40.2 Å². The average Bonchev–Trinajstić information content (AvgIpc) is 2.87. The summed E-state index contributed by atoms with van der Waals surface area (Å²) in [7, 11) is 0. The van der Waals surface area contributed by atoms with Gasteiger partial charge in [-0.3, -0.25) is 20.4 Å². The molecule has 0 saturated carbocycles. The van der Waals surface area contributed by atoms with Gasteiger partial charge in [0.2, 0.25) is 0 Å². The van der Waals surface area contributed by atoms with Gasteiger partial charge in [-0.1, -0.05) is 30.3 Å². The number of benzene rings is 2. The number of anilines is 1. The number of hydrazine groups is 1. The Kier molecular flexibility index (Phi) is 7.06. The predicted octanol–water partition coefficient (Wildman–Crippen LogP) is 3.94. The number of likely N-dealkylation sites (tertiary alicyclic amines) is 1. The van der Waals surface area contributed by atoms with E-state index in [0.717, 1.165) is 76.6 Å². The second-order valence-corrected chi connectivity index (χ2v) is 10.2. The molecule has 3 saturated heterocycles. The van der Waals surface area contributed by atoms with Crippen LogP contribution in [0, 0.1) is 21.3 Å². The van der Waals surface area contributed by atoms with Gasteiger partial charge in [-0.05, 0) is 42.7 Å². The van der Waals surface area contributed by atoms with E-state index in [-0.39, 0.29) is 17.7 Å². The van der Waals surface area contributed by atoms with Crippen molar-refractivity contribution in [3.05, 3.63) is 70.0 Å². The fraction of sp³-hybridized carbons (Fsp3) is 0.500. The molecule has 10 heteroatoms. The topological polar surface area (TPSA) is 91.2 Å². The molecule has 0 radical (unpaired) electrons. The number of piperidine rings is 2.